The second-order valence-electron chi connectivity index (χ2n) is 2.44. The van der Waals surface area contributed by atoms with Crippen molar-refractivity contribution in [2.75, 3.05) is 5.88 Å². The van der Waals surface area contributed by atoms with Crippen LogP contribution in [0, 0.1) is 0 Å². The van der Waals surface area contributed by atoms with Crippen LogP contribution in [0.1, 0.15) is 39.0 Å². The van der Waals surface area contributed by atoms with Gasteiger partial charge in [0.1, 0.15) is 0 Å². The van der Waals surface area contributed by atoms with E-state index in [0.29, 0.717) is 0 Å². The summed E-state index contributed by atoms with van der Waals surface area (Å²) in [6.45, 7) is 2.22. The summed E-state index contributed by atoms with van der Waals surface area (Å²) >= 11 is 5.49. The van der Waals surface area contributed by atoms with Gasteiger partial charge in [-0.05, 0) is 19.3 Å². The molecule has 60 valence electrons. The van der Waals surface area contributed by atoms with Crippen LogP contribution < -0.4 is 0 Å². The molecule has 0 nitrogen and oxygen atoms in total. The second kappa shape index (κ2) is 9.03. The van der Waals surface area contributed by atoms with Crippen LogP contribution in [-0.2, 0) is 0 Å². The maximum atomic E-state index is 5.49. The largest absolute Gasteiger partial charge is 0.126 e. The van der Waals surface area contributed by atoms with Crippen molar-refractivity contribution in [1.29, 1.82) is 0 Å². The third kappa shape index (κ3) is 8.03. The smallest absolute Gasteiger partial charge is 0.0257 e. The van der Waals surface area contributed by atoms with E-state index in [1.54, 1.807) is 0 Å². The van der Waals surface area contributed by atoms with E-state index < -0.39 is 0 Å². The van der Waals surface area contributed by atoms with E-state index in [-0.39, 0.29) is 0 Å². The Bertz CT molecular complexity index is 76.8. The van der Waals surface area contributed by atoms with E-state index in [0.717, 1.165) is 12.3 Å². The van der Waals surface area contributed by atoms with Crippen molar-refractivity contribution in [3.05, 3.63) is 12.2 Å². The highest BCUT2D eigenvalue weighted by atomic mass is 35.5. The van der Waals surface area contributed by atoms with Crippen LogP contribution in [0.3, 0.4) is 0 Å². The SMILES string of the molecule is CCCCC/C=C\CCCl. The van der Waals surface area contributed by atoms with E-state index >= 15 is 0 Å². The van der Waals surface area contributed by atoms with E-state index in [4.69, 9.17) is 11.6 Å². The van der Waals surface area contributed by atoms with Crippen LogP contribution in [-0.4, -0.2) is 5.88 Å². The second-order valence-corrected chi connectivity index (χ2v) is 2.82. The Morgan fingerprint density at radius 1 is 1.10 bits per heavy atom. The van der Waals surface area contributed by atoms with Gasteiger partial charge < -0.3 is 0 Å². The summed E-state index contributed by atoms with van der Waals surface area (Å²) in [5.41, 5.74) is 0. The third-order valence-electron chi connectivity index (χ3n) is 1.42. The molecular weight excluding hydrogens is 144 g/mol. The normalized spacial score (nSPS) is 11.0. The minimum absolute atomic E-state index is 0.754. The summed E-state index contributed by atoms with van der Waals surface area (Å²) in [6, 6.07) is 0. The Balaban J connectivity index is 2.88. The maximum absolute atomic E-state index is 5.49. The Kier molecular flexibility index (Phi) is 9.06. The van der Waals surface area contributed by atoms with Gasteiger partial charge in [-0.3, -0.25) is 0 Å². The van der Waals surface area contributed by atoms with E-state index in [1.165, 1.54) is 25.7 Å². The number of hydrogen-bond acceptors (Lipinski definition) is 0. The zero-order valence-corrected chi connectivity index (χ0v) is 7.53. The van der Waals surface area contributed by atoms with E-state index in [9.17, 15) is 0 Å². The van der Waals surface area contributed by atoms with Gasteiger partial charge in [-0.25, -0.2) is 0 Å². The van der Waals surface area contributed by atoms with Gasteiger partial charge in [0.25, 0.3) is 0 Å². The minimum Gasteiger partial charge on any atom is -0.126 e. The van der Waals surface area contributed by atoms with Gasteiger partial charge >= 0.3 is 0 Å². The van der Waals surface area contributed by atoms with E-state index in [1.807, 2.05) is 0 Å². The lowest BCUT2D eigenvalue weighted by Gasteiger charge is -1.90. The van der Waals surface area contributed by atoms with Crippen LogP contribution in [0.2, 0.25) is 0 Å². The van der Waals surface area contributed by atoms with Gasteiger partial charge in [0.05, 0.1) is 0 Å². The highest BCUT2D eigenvalue weighted by molar-refractivity contribution is 6.17. The average molecular weight is 161 g/mol. The number of unbranched alkanes of at least 4 members (excludes halogenated alkanes) is 3. The van der Waals surface area contributed by atoms with E-state index in [2.05, 4.69) is 19.1 Å². The molecule has 0 amide bonds. The molecule has 0 aromatic rings. The zero-order chi connectivity index (χ0) is 7.66. The average Bonchev–Trinajstić information content (AvgIpc) is 1.97. The Morgan fingerprint density at radius 3 is 2.40 bits per heavy atom. The number of alkyl halides is 1. The lowest BCUT2D eigenvalue weighted by molar-refractivity contribution is 0.728. The molecule has 0 saturated carbocycles. The molecule has 0 unspecified atom stereocenters. The lowest BCUT2D eigenvalue weighted by Crippen LogP contribution is -1.71. The Hall–Kier alpha value is 0.0300. The van der Waals surface area contributed by atoms with Crippen molar-refractivity contribution in [2.45, 2.75) is 39.0 Å². The highest BCUT2D eigenvalue weighted by Crippen LogP contribution is 2.00. The molecule has 0 rings (SSSR count). The molecule has 0 saturated heterocycles. The van der Waals surface area contributed by atoms with Crippen molar-refractivity contribution in [1.82, 2.24) is 0 Å². The summed E-state index contributed by atoms with van der Waals surface area (Å²) in [6.07, 6.45) is 10.6. The van der Waals surface area contributed by atoms with Crippen LogP contribution >= 0.6 is 11.6 Å². The molecular formula is C9H17Cl. The van der Waals surface area contributed by atoms with Crippen molar-refractivity contribution >= 4 is 11.6 Å². The fourth-order valence-electron chi connectivity index (χ4n) is 0.811. The fourth-order valence-corrected chi connectivity index (χ4v) is 0.937. The monoisotopic (exact) mass is 160 g/mol. The highest BCUT2D eigenvalue weighted by Gasteiger charge is 1.80. The van der Waals surface area contributed by atoms with Crippen molar-refractivity contribution in [2.24, 2.45) is 0 Å². The first-order valence-electron chi connectivity index (χ1n) is 4.12. The van der Waals surface area contributed by atoms with Gasteiger partial charge in [0, 0.05) is 5.88 Å². The number of allylic oxidation sites excluding steroid dienone is 2. The summed E-state index contributed by atoms with van der Waals surface area (Å²) in [7, 11) is 0. The molecule has 1 heteroatoms. The van der Waals surface area contributed by atoms with Crippen molar-refractivity contribution in [3.8, 4) is 0 Å². The first-order valence-corrected chi connectivity index (χ1v) is 4.66. The topological polar surface area (TPSA) is 0 Å². The number of rotatable bonds is 6. The molecule has 0 radical (unpaired) electrons. The first-order chi connectivity index (χ1) is 4.91. The quantitative estimate of drug-likeness (QED) is 0.316. The standard InChI is InChI=1S/C9H17Cl/c1-2-3-4-5-6-7-8-9-10/h6-7H,2-5,8-9H2,1H3/b7-6-. The molecule has 0 aromatic heterocycles. The summed E-state index contributed by atoms with van der Waals surface area (Å²) < 4.78 is 0. The molecule has 10 heavy (non-hydrogen) atoms. The summed E-state index contributed by atoms with van der Waals surface area (Å²) in [5, 5.41) is 0. The van der Waals surface area contributed by atoms with Crippen molar-refractivity contribution in [3.63, 3.8) is 0 Å². The predicted molar refractivity (Wildman–Crippen MR) is 48.6 cm³/mol. The first kappa shape index (κ1) is 10.0. The number of halogens is 1. The van der Waals surface area contributed by atoms with Crippen LogP contribution in [0.5, 0.6) is 0 Å². The van der Waals surface area contributed by atoms with Crippen LogP contribution in [0.4, 0.5) is 0 Å². The lowest BCUT2D eigenvalue weighted by atomic mass is 10.2. The molecule has 0 aromatic carbocycles. The third-order valence-corrected chi connectivity index (χ3v) is 1.64. The predicted octanol–water partition coefficient (Wildman–Crippen LogP) is 3.75. The molecule has 0 bridgehead atoms. The van der Waals surface area contributed by atoms with Crippen LogP contribution in [0.25, 0.3) is 0 Å². The van der Waals surface area contributed by atoms with Gasteiger partial charge in [-0.1, -0.05) is 31.9 Å². The Labute approximate surface area is 69.3 Å². The fraction of sp³-hybridized carbons (Fsp3) is 0.778. The zero-order valence-electron chi connectivity index (χ0n) is 6.78. The molecule has 0 N–H and O–H groups in total. The van der Waals surface area contributed by atoms with Gasteiger partial charge in [0.15, 0.2) is 0 Å². The minimum atomic E-state index is 0.754. The molecule has 0 atom stereocenters. The van der Waals surface area contributed by atoms with Gasteiger partial charge in [0.2, 0.25) is 0 Å². The van der Waals surface area contributed by atoms with Crippen LogP contribution in [0.15, 0.2) is 12.2 Å². The maximum Gasteiger partial charge on any atom is 0.0257 e. The van der Waals surface area contributed by atoms with Gasteiger partial charge in [-0.15, -0.1) is 11.6 Å². The molecule has 0 aliphatic heterocycles. The molecule has 0 fully saturated rings. The summed E-state index contributed by atoms with van der Waals surface area (Å²) in [4.78, 5) is 0. The molecule has 0 aliphatic rings. The molecule has 0 aliphatic carbocycles. The number of hydrogen-bond donors (Lipinski definition) is 0. The molecule has 0 heterocycles. The van der Waals surface area contributed by atoms with Crippen molar-refractivity contribution < 1.29 is 0 Å². The summed E-state index contributed by atoms with van der Waals surface area (Å²) in [5.74, 6) is 0.754. The molecule has 0 spiro atoms. The Morgan fingerprint density at radius 2 is 1.80 bits per heavy atom. The van der Waals surface area contributed by atoms with Gasteiger partial charge in [-0.2, -0.15) is 0 Å².